The van der Waals surface area contributed by atoms with Crippen LogP contribution in [0.5, 0.6) is 0 Å². The second-order valence-electron chi connectivity index (χ2n) is 10.1. The summed E-state index contributed by atoms with van der Waals surface area (Å²) in [6.45, 7) is 5.15. The number of aryl methyl sites for hydroxylation is 1. The molecule has 5 atom stereocenters. The molecule has 1 fully saturated rings. The van der Waals surface area contributed by atoms with Gasteiger partial charge >= 0.3 is 259 Å². The number of nitrogen functional groups attached to an aromatic ring is 1. The Labute approximate surface area is 291 Å². The molecule has 1 aliphatic rings. The van der Waals surface area contributed by atoms with Crippen LogP contribution in [0, 0.1) is 10.5 Å². The summed E-state index contributed by atoms with van der Waals surface area (Å²) in [6, 6.07) is 9.24. The van der Waals surface area contributed by atoms with Crippen molar-refractivity contribution >= 4 is 50.9 Å². The van der Waals surface area contributed by atoms with Crippen LogP contribution in [0.2, 0.25) is 0 Å². The molecule has 0 radical (unpaired) electrons. The summed E-state index contributed by atoms with van der Waals surface area (Å²) < 4.78 is 61.2. The first-order valence-electron chi connectivity index (χ1n) is 13.3. The summed E-state index contributed by atoms with van der Waals surface area (Å²) in [5, 5.41) is 16.0. The molecule has 4 rings (SSSR count). The number of halogens is 1. The Morgan fingerprint density at radius 1 is 1.04 bits per heavy atom. The molecule has 0 aliphatic carbocycles. The number of phosphoric acid groups is 3. The summed E-state index contributed by atoms with van der Waals surface area (Å²) in [5.74, 6) is 1.02. The van der Waals surface area contributed by atoms with Crippen molar-refractivity contribution in [2.75, 3.05) is 18.3 Å². The molecule has 1 aromatic carbocycles. The van der Waals surface area contributed by atoms with E-state index in [1.54, 1.807) is 17.7 Å². The zero-order chi connectivity index (χ0) is 35.3. The van der Waals surface area contributed by atoms with Crippen LogP contribution < -0.4 is 32.6 Å². The Balaban J connectivity index is 1.35. The number of anilines is 1. The first kappa shape index (κ1) is 39.4. The van der Waals surface area contributed by atoms with Gasteiger partial charge in [0.15, 0.2) is 0 Å². The molecule has 3 heterocycles. The quantitative estimate of drug-likeness (QED) is 0.0301. The van der Waals surface area contributed by atoms with Crippen LogP contribution in [0.3, 0.4) is 0 Å². The maximum atomic E-state index is 12.4. The van der Waals surface area contributed by atoms with Crippen molar-refractivity contribution in [3.8, 4) is 11.4 Å². The van der Waals surface area contributed by atoms with Crippen LogP contribution in [0.15, 0.2) is 41.3 Å². The average Bonchev–Trinajstić information content (AvgIpc) is 3.35. The van der Waals surface area contributed by atoms with Crippen LogP contribution in [0.4, 0.5) is 5.82 Å². The van der Waals surface area contributed by atoms with E-state index in [2.05, 4.69) is 47.8 Å². The number of hydrogen-bond acceptors (Lipinski definition) is 17. The zero-order valence-electron chi connectivity index (χ0n) is 25.1. The standard InChI is InChI=1S/C22H30IN7O13P3S2/c1-13-26-28-20(29-27-13)14-4-6-15(7-5-14)23-22(2,3)48-47-12-39-16-10-19(30-9-8-18(24)25-21(30)31)41-17(16)11-40-45(35,36)43-46(37,38)42-44(32,33)34/h4-9,16-17,19H,10-12H2,1-3H3,(H,35,36)(H,37,38)(H2,24,25,31)(H2,32,33,34)/q-1/t16?,17-,19-/m1/s1. The van der Waals surface area contributed by atoms with Crippen LogP contribution in [-0.2, 0) is 36.3 Å². The maximum absolute atomic E-state index is 12.4. The van der Waals surface area contributed by atoms with Crippen molar-refractivity contribution in [3.05, 3.63) is 56.4 Å². The SMILES string of the molecule is Cc1nnc(-c2ccc([I-]C(C)(C)SSCOC3C[C@H](n4ccc(N)nc4=O)O[C@@H]3COP(=O)(O)OP(=O)(O)OP(=O)(O)O)cc2)nn1. The first-order valence-corrected chi connectivity index (χ1v) is 22.3. The molecular weight excluding hydrogens is 854 g/mol. The van der Waals surface area contributed by atoms with Crippen molar-refractivity contribution in [1.29, 1.82) is 0 Å². The predicted octanol–water partition coefficient (Wildman–Crippen LogP) is -0.569. The van der Waals surface area contributed by atoms with Crippen LogP contribution in [-0.4, -0.2) is 77.0 Å². The van der Waals surface area contributed by atoms with Gasteiger partial charge in [-0.15, -0.1) is 0 Å². The third kappa shape index (κ3) is 12.4. The molecule has 2 aromatic heterocycles. The molecule has 266 valence electrons. The van der Waals surface area contributed by atoms with Crippen molar-refractivity contribution in [2.24, 2.45) is 0 Å². The minimum atomic E-state index is -5.72. The number of nitrogens with two attached hydrogens (primary N) is 1. The van der Waals surface area contributed by atoms with Crippen LogP contribution in [0.1, 0.15) is 32.3 Å². The third-order valence-electron chi connectivity index (χ3n) is 5.77. The van der Waals surface area contributed by atoms with E-state index in [4.69, 9.17) is 29.5 Å². The summed E-state index contributed by atoms with van der Waals surface area (Å²) >= 11 is -0.491. The van der Waals surface area contributed by atoms with Crippen LogP contribution >= 0.6 is 45.1 Å². The molecule has 0 saturated carbocycles. The van der Waals surface area contributed by atoms with Gasteiger partial charge in [0.25, 0.3) is 0 Å². The van der Waals surface area contributed by atoms with Gasteiger partial charge in [-0.3, -0.25) is 0 Å². The molecule has 1 aliphatic heterocycles. The van der Waals surface area contributed by atoms with Gasteiger partial charge in [0.2, 0.25) is 0 Å². The normalized spacial score (nSPS) is 21.2. The van der Waals surface area contributed by atoms with Crippen molar-refractivity contribution in [1.82, 2.24) is 29.9 Å². The molecule has 3 aromatic rings. The van der Waals surface area contributed by atoms with E-state index in [1.807, 2.05) is 24.3 Å². The van der Waals surface area contributed by atoms with E-state index in [0.29, 0.717) is 11.6 Å². The van der Waals surface area contributed by atoms with Gasteiger partial charge < -0.3 is 20.4 Å². The Morgan fingerprint density at radius 2 is 1.71 bits per heavy atom. The minimum absolute atomic E-state index is 0.0177. The molecule has 26 heteroatoms. The van der Waals surface area contributed by atoms with Gasteiger partial charge in [-0.2, -0.15) is 4.31 Å². The molecular formula is C22H30IN7O13P3S2-. The van der Waals surface area contributed by atoms with Gasteiger partial charge in [0.1, 0.15) is 0 Å². The second-order valence-corrected chi connectivity index (χ2v) is 22.6. The number of hydrogen-bond donors (Lipinski definition) is 5. The van der Waals surface area contributed by atoms with E-state index >= 15 is 0 Å². The van der Waals surface area contributed by atoms with Gasteiger partial charge in [0.05, 0.1) is 0 Å². The molecule has 48 heavy (non-hydrogen) atoms. The zero-order valence-corrected chi connectivity index (χ0v) is 31.6. The molecule has 6 N–H and O–H groups in total. The van der Waals surface area contributed by atoms with E-state index in [9.17, 15) is 28.3 Å². The number of rotatable bonds is 16. The summed E-state index contributed by atoms with van der Waals surface area (Å²) in [5.41, 5.74) is 5.64. The monoisotopic (exact) mass is 884 g/mol. The van der Waals surface area contributed by atoms with Crippen molar-refractivity contribution in [3.63, 3.8) is 0 Å². The summed E-state index contributed by atoms with van der Waals surface area (Å²) in [6.07, 6.45) is -1.47. The predicted molar refractivity (Wildman–Crippen MR) is 167 cm³/mol. The van der Waals surface area contributed by atoms with E-state index < -0.39 is 75.4 Å². The number of phosphoric ester groups is 1. The summed E-state index contributed by atoms with van der Waals surface area (Å²) in [7, 11) is -13.7. The number of benzene rings is 1. The number of ether oxygens (including phenoxy) is 2. The average molecular weight is 884 g/mol. The van der Waals surface area contributed by atoms with Crippen molar-refractivity contribution in [2.45, 2.75) is 48.4 Å². The Hall–Kier alpha value is -1.40. The van der Waals surface area contributed by atoms with Crippen LogP contribution in [0.25, 0.3) is 11.4 Å². The molecule has 0 bridgehead atoms. The summed E-state index contributed by atoms with van der Waals surface area (Å²) in [4.78, 5) is 52.9. The van der Waals surface area contributed by atoms with Gasteiger partial charge in [-0.1, -0.05) is 0 Å². The number of aromatic nitrogens is 6. The molecule has 1 saturated heterocycles. The van der Waals surface area contributed by atoms with Crippen molar-refractivity contribution < 1.29 is 77.1 Å². The fourth-order valence-corrected chi connectivity index (χ4v) is 13.6. The van der Waals surface area contributed by atoms with Gasteiger partial charge in [0, 0.05) is 0 Å². The van der Waals surface area contributed by atoms with Gasteiger partial charge in [-0.25, -0.2) is 9.13 Å². The van der Waals surface area contributed by atoms with E-state index in [0.717, 1.165) is 10.1 Å². The van der Waals surface area contributed by atoms with E-state index in [-0.39, 0.29) is 20.9 Å². The fourth-order valence-electron chi connectivity index (χ4n) is 3.93. The number of alkyl halides is 1. The third-order valence-corrected chi connectivity index (χ3v) is 16.9. The molecule has 3 unspecified atom stereocenters. The van der Waals surface area contributed by atoms with E-state index in [1.165, 1.54) is 26.6 Å². The Kier molecular flexibility index (Phi) is 13.4. The molecule has 0 amide bonds. The Morgan fingerprint density at radius 3 is 2.33 bits per heavy atom. The molecule has 20 nitrogen and oxygen atoms in total. The number of nitrogens with zero attached hydrogens (tertiary/aromatic N) is 6. The first-order chi connectivity index (χ1) is 22.3. The Bertz CT molecular complexity index is 1770. The second kappa shape index (κ2) is 16.3. The fraction of sp³-hybridized carbons (Fsp3) is 0.455. The molecule has 0 spiro atoms. The van der Waals surface area contributed by atoms with Gasteiger partial charge in [-0.05, 0) is 0 Å². The topological polar surface area (TPSA) is 291 Å².